The minimum absolute atomic E-state index is 0.113. The van der Waals surface area contributed by atoms with Crippen LogP contribution in [-0.2, 0) is 0 Å². The molecule has 1 rings (SSSR count). The molecule has 0 aliphatic rings. The summed E-state index contributed by atoms with van der Waals surface area (Å²) in [6, 6.07) is 3.25. The van der Waals surface area contributed by atoms with E-state index in [-0.39, 0.29) is 12.5 Å². The number of aliphatic hydroxyl groups excluding tert-OH is 1. The Hall–Kier alpha value is -1.66. The second-order valence-corrected chi connectivity index (χ2v) is 4.41. The normalized spacial score (nSPS) is 11.1. The van der Waals surface area contributed by atoms with Gasteiger partial charge in [0, 0.05) is 7.05 Å². The van der Waals surface area contributed by atoms with Gasteiger partial charge in [0.05, 0.1) is 24.0 Å². The number of aromatic nitrogens is 1. The van der Waals surface area contributed by atoms with Crippen molar-refractivity contribution in [2.45, 2.75) is 19.4 Å². The van der Waals surface area contributed by atoms with Crippen LogP contribution in [0.15, 0.2) is 18.3 Å². The van der Waals surface area contributed by atoms with Crippen LogP contribution in [0.4, 0.5) is 5.69 Å². The molecule has 0 bridgehead atoms. The first kappa shape index (κ1) is 13.4. The van der Waals surface area contributed by atoms with Gasteiger partial charge in [-0.2, -0.15) is 0 Å². The van der Waals surface area contributed by atoms with Crippen molar-refractivity contribution >= 4 is 11.6 Å². The van der Waals surface area contributed by atoms with Gasteiger partial charge in [0.2, 0.25) is 0 Å². The first-order valence-corrected chi connectivity index (χ1v) is 5.24. The van der Waals surface area contributed by atoms with Crippen LogP contribution in [0.5, 0.6) is 0 Å². The Morgan fingerprint density at radius 3 is 2.65 bits per heavy atom. The second kappa shape index (κ2) is 5.11. The summed E-state index contributed by atoms with van der Waals surface area (Å²) in [5.74, 6) is 4.97. The highest BCUT2D eigenvalue weighted by Gasteiger charge is 2.28. The highest BCUT2D eigenvalue weighted by Crippen LogP contribution is 2.15. The van der Waals surface area contributed by atoms with Gasteiger partial charge >= 0.3 is 0 Å². The number of likely N-dealkylation sites (N-methyl/N-ethyl adjacent to an activating group) is 1. The molecule has 94 valence electrons. The Labute approximate surface area is 100 Å². The number of nitrogens with two attached hydrogens (primary N) is 1. The van der Waals surface area contributed by atoms with E-state index in [1.807, 2.05) is 0 Å². The number of nitrogens with one attached hydrogen (secondary N) is 1. The summed E-state index contributed by atoms with van der Waals surface area (Å²) in [5.41, 5.74) is 2.76. The lowest BCUT2D eigenvalue weighted by molar-refractivity contribution is 0.0468. The molecule has 0 spiro atoms. The quantitative estimate of drug-likeness (QED) is 0.515. The van der Waals surface area contributed by atoms with E-state index in [0.29, 0.717) is 11.4 Å². The monoisotopic (exact) mass is 238 g/mol. The number of nitrogens with zero attached hydrogens (tertiary/aromatic N) is 2. The molecule has 1 aromatic heterocycles. The van der Waals surface area contributed by atoms with Crippen molar-refractivity contribution < 1.29 is 9.90 Å². The number of amides is 1. The zero-order valence-electron chi connectivity index (χ0n) is 10.3. The summed E-state index contributed by atoms with van der Waals surface area (Å²) in [6.07, 6.45) is 1.48. The zero-order valence-corrected chi connectivity index (χ0v) is 10.3. The van der Waals surface area contributed by atoms with Crippen molar-refractivity contribution in [3.63, 3.8) is 0 Å². The number of hydrogen-bond donors (Lipinski definition) is 3. The van der Waals surface area contributed by atoms with Crippen molar-refractivity contribution in [2.24, 2.45) is 5.84 Å². The van der Waals surface area contributed by atoms with Gasteiger partial charge in [-0.1, -0.05) is 0 Å². The predicted molar refractivity (Wildman–Crippen MR) is 65.3 cm³/mol. The number of nitrogen functional groups attached to an aromatic ring is 1. The van der Waals surface area contributed by atoms with Gasteiger partial charge in [0.15, 0.2) is 0 Å². The summed E-state index contributed by atoms with van der Waals surface area (Å²) >= 11 is 0. The first-order chi connectivity index (χ1) is 7.92. The van der Waals surface area contributed by atoms with Gasteiger partial charge in [-0.05, 0) is 26.0 Å². The third-order valence-electron chi connectivity index (χ3n) is 2.75. The number of rotatable bonds is 4. The van der Waals surface area contributed by atoms with Crippen LogP contribution >= 0.6 is 0 Å². The smallest absolute Gasteiger partial charge is 0.272 e. The summed E-state index contributed by atoms with van der Waals surface area (Å²) in [5, 5.41) is 9.20. The van der Waals surface area contributed by atoms with E-state index >= 15 is 0 Å². The molecule has 0 unspecified atom stereocenters. The van der Waals surface area contributed by atoms with Crippen LogP contribution in [0.2, 0.25) is 0 Å². The number of anilines is 1. The Morgan fingerprint density at radius 2 is 2.24 bits per heavy atom. The first-order valence-electron chi connectivity index (χ1n) is 5.24. The highest BCUT2D eigenvalue weighted by molar-refractivity contribution is 5.92. The van der Waals surface area contributed by atoms with E-state index < -0.39 is 5.54 Å². The maximum atomic E-state index is 12.1. The highest BCUT2D eigenvalue weighted by atomic mass is 16.3. The van der Waals surface area contributed by atoms with Crippen molar-refractivity contribution in [3.8, 4) is 0 Å². The topological polar surface area (TPSA) is 91.5 Å². The molecule has 0 aliphatic heterocycles. The molecular formula is C11H18N4O2. The molecule has 6 heteroatoms. The molecule has 0 aromatic carbocycles. The molecule has 1 heterocycles. The van der Waals surface area contributed by atoms with Crippen LogP contribution in [0.1, 0.15) is 24.3 Å². The second-order valence-electron chi connectivity index (χ2n) is 4.41. The average molecular weight is 238 g/mol. The van der Waals surface area contributed by atoms with Gasteiger partial charge < -0.3 is 15.4 Å². The van der Waals surface area contributed by atoms with Gasteiger partial charge in [0.25, 0.3) is 5.91 Å². The van der Waals surface area contributed by atoms with Crippen molar-refractivity contribution in [3.05, 3.63) is 24.0 Å². The minimum Gasteiger partial charge on any atom is -0.394 e. The van der Waals surface area contributed by atoms with Crippen molar-refractivity contribution in [1.29, 1.82) is 0 Å². The predicted octanol–water partition coefficient (Wildman–Crippen LogP) is 0.210. The third-order valence-corrected chi connectivity index (χ3v) is 2.75. The van der Waals surface area contributed by atoms with E-state index in [1.54, 1.807) is 33.0 Å². The molecule has 6 nitrogen and oxygen atoms in total. The van der Waals surface area contributed by atoms with Crippen LogP contribution in [0, 0.1) is 0 Å². The average Bonchev–Trinajstić information content (AvgIpc) is 2.37. The molecule has 1 aromatic rings. The fraction of sp³-hybridized carbons (Fsp3) is 0.455. The largest absolute Gasteiger partial charge is 0.394 e. The van der Waals surface area contributed by atoms with E-state index in [0.717, 1.165) is 0 Å². The summed E-state index contributed by atoms with van der Waals surface area (Å²) in [6.45, 7) is 3.44. The summed E-state index contributed by atoms with van der Waals surface area (Å²) < 4.78 is 0. The molecule has 0 saturated heterocycles. The molecule has 0 atom stereocenters. The maximum Gasteiger partial charge on any atom is 0.272 e. The standard InChI is InChI=1S/C11H18N4O2/c1-11(2,7-16)15(3)10(17)9-5-4-8(14-12)6-13-9/h4-6,14,16H,7,12H2,1-3H3. The number of hydrogen-bond acceptors (Lipinski definition) is 5. The Balaban J connectivity index is 2.89. The van der Waals surface area contributed by atoms with E-state index in [4.69, 9.17) is 5.84 Å². The fourth-order valence-electron chi connectivity index (χ4n) is 1.16. The Bertz CT molecular complexity index is 389. The Kier molecular flexibility index (Phi) is 4.03. The summed E-state index contributed by atoms with van der Waals surface area (Å²) in [4.78, 5) is 17.5. The fourth-order valence-corrected chi connectivity index (χ4v) is 1.16. The van der Waals surface area contributed by atoms with Crippen LogP contribution in [0.25, 0.3) is 0 Å². The van der Waals surface area contributed by atoms with Gasteiger partial charge in [-0.3, -0.25) is 10.6 Å². The lowest BCUT2D eigenvalue weighted by Gasteiger charge is -2.33. The van der Waals surface area contributed by atoms with Gasteiger partial charge in [0.1, 0.15) is 5.69 Å². The molecular weight excluding hydrogens is 220 g/mol. The summed E-state index contributed by atoms with van der Waals surface area (Å²) in [7, 11) is 1.63. The number of carbonyl (C=O) groups excluding carboxylic acids is 1. The number of hydrazine groups is 1. The van der Waals surface area contributed by atoms with Crippen LogP contribution in [0.3, 0.4) is 0 Å². The van der Waals surface area contributed by atoms with Crippen LogP contribution < -0.4 is 11.3 Å². The molecule has 0 aliphatic carbocycles. The van der Waals surface area contributed by atoms with Gasteiger partial charge in [-0.25, -0.2) is 4.98 Å². The third kappa shape index (κ3) is 2.92. The maximum absolute atomic E-state index is 12.1. The van der Waals surface area contributed by atoms with E-state index in [2.05, 4.69) is 10.4 Å². The van der Waals surface area contributed by atoms with Gasteiger partial charge in [-0.15, -0.1) is 0 Å². The lowest BCUT2D eigenvalue weighted by Crippen LogP contribution is -2.47. The lowest BCUT2D eigenvalue weighted by atomic mass is 10.0. The van der Waals surface area contributed by atoms with Crippen molar-refractivity contribution in [1.82, 2.24) is 9.88 Å². The Morgan fingerprint density at radius 1 is 1.59 bits per heavy atom. The molecule has 0 fully saturated rings. The number of aliphatic hydroxyl groups is 1. The number of pyridine rings is 1. The van der Waals surface area contributed by atoms with E-state index in [9.17, 15) is 9.90 Å². The van der Waals surface area contributed by atoms with E-state index in [1.165, 1.54) is 11.1 Å². The molecule has 4 N–H and O–H groups in total. The SMILES string of the molecule is CN(C(=O)c1ccc(NN)cn1)C(C)(C)CO. The molecule has 17 heavy (non-hydrogen) atoms. The van der Waals surface area contributed by atoms with Crippen LogP contribution in [-0.4, -0.2) is 40.1 Å². The minimum atomic E-state index is -0.621. The molecule has 0 radical (unpaired) electrons. The molecule has 0 saturated carbocycles. The zero-order chi connectivity index (χ0) is 13.1. The molecule has 1 amide bonds. The van der Waals surface area contributed by atoms with Crippen molar-refractivity contribution in [2.75, 3.05) is 19.1 Å². The number of carbonyl (C=O) groups is 1.